The van der Waals surface area contributed by atoms with E-state index in [1.807, 2.05) is 49.4 Å². The molecular weight excluding hydrogens is 424 g/mol. The second-order valence-corrected chi connectivity index (χ2v) is 8.16. The third-order valence-corrected chi connectivity index (χ3v) is 5.77. The third kappa shape index (κ3) is 6.12. The van der Waals surface area contributed by atoms with Crippen LogP contribution in [0.25, 0.3) is 0 Å². The number of carboxylic acids is 1. The molecule has 3 rings (SSSR count). The van der Waals surface area contributed by atoms with Crippen LogP contribution in [-0.4, -0.2) is 28.6 Å². The van der Waals surface area contributed by atoms with Gasteiger partial charge in [0.2, 0.25) is 0 Å². The van der Waals surface area contributed by atoms with Gasteiger partial charge in [0.15, 0.2) is 0 Å². The molecule has 0 aliphatic carbocycles. The molecule has 0 saturated heterocycles. The van der Waals surface area contributed by atoms with Crippen LogP contribution in [-0.2, 0) is 11.3 Å². The summed E-state index contributed by atoms with van der Waals surface area (Å²) in [6.07, 6.45) is 0. The molecule has 0 heterocycles. The molecule has 8 heteroatoms. The van der Waals surface area contributed by atoms with E-state index in [-0.39, 0.29) is 17.5 Å². The Labute approximate surface area is 190 Å². The van der Waals surface area contributed by atoms with Crippen molar-refractivity contribution in [2.24, 2.45) is 5.73 Å². The summed E-state index contributed by atoms with van der Waals surface area (Å²) in [5.41, 5.74) is 9.73. The first-order chi connectivity index (χ1) is 15.3. The first-order valence-corrected chi connectivity index (χ1v) is 10.8. The van der Waals surface area contributed by atoms with Crippen molar-refractivity contribution < 1.29 is 14.7 Å². The van der Waals surface area contributed by atoms with Crippen molar-refractivity contribution >= 4 is 40.8 Å². The maximum Gasteiger partial charge on any atom is 0.313 e. The van der Waals surface area contributed by atoms with Crippen LogP contribution in [0.1, 0.15) is 27.0 Å². The highest BCUT2D eigenvalue weighted by Crippen LogP contribution is 2.25. The number of carboxylic acid groups (broad SMARTS) is 1. The van der Waals surface area contributed by atoms with Crippen LogP contribution in [0.15, 0.2) is 71.6 Å². The maximum atomic E-state index is 13.0. The van der Waals surface area contributed by atoms with Crippen molar-refractivity contribution in [3.05, 3.63) is 89.0 Å². The number of hydrogen-bond donors (Lipinski definition) is 5. The van der Waals surface area contributed by atoms with Crippen molar-refractivity contribution in [3.63, 3.8) is 0 Å². The number of carbonyl (C=O) groups is 2. The van der Waals surface area contributed by atoms with Crippen LogP contribution in [0.4, 0.5) is 11.4 Å². The molecule has 1 amide bonds. The summed E-state index contributed by atoms with van der Waals surface area (Å²) in [5.74, 6) is -1.18. The molecular formula is C24H24N4O3S. The number of aliphatic carboxylic acids is 1. The highest BCUT2D eigenvalue weighted by atomic mass is 32.2. The number of nitrogens with two attached hydrogens (primary N) is 1. The molecule has 7 nitrogen and oxygen atoms in total. The molecule has 0 unspecified atom stereocenters. The first-order valence-electron chi connectivity index (χ1n) is 9.86. The van der Waals surface area contributed by atoms with E-state index in [9.17, 15) is 9.59 Å². The zero-order valence-corrected chi connectivity index (χ0v) is 18.3. The van der Waals surface area contributed by atoms with E-state index in [0.29, 0.717) is 29.0 Å². The Hall–Kier alpha value is -3.78. The van der Waals surface area contributed by atoms with Gasteiger partial charge in [0.1, 0.15) is 5.84 Å². The van der Waals surface area contributed by atoms with Gasteiger partial charge in [-0.3, -0.25) is 15.0 Å². The summed E-state index contributed by atoms with van der Waals surface area (Å²) in [7, 11) is 0. The normalized spacial score (nSPS) is 10.4. The number of rotatable bonds is 9. The number of amidine groups is 1. The largest absolute Gasteiger partial charge is 0.481 e. The van der Waals surface area contributed by atoms with Gasteiger partial charge in [0.25, 0.3) is 5.91 Å². The zero-order chi connectivity index (χ0) is 23.1. The molecule has 32 heavy (non-hydrogen) atoms. The molecule has 0 bridgehead atoms. The summed E-state index contributed by atoms with van der Waals surface area (Å²) < 4.78 is 0. The van der Waals surface area contributed by atoms with E-state index in [2.05, 4.69) is 10.6 Å². The fourth-order valence-electron chi connectivity index (χ4n) is 3.05. The lowest BCUT2D eigenvalue weighted by Crippen LogP contribution is -2.16. The van der Waals surface area contributed by atoms with E-state index in [1.165, 1.54) is 11.8 Å². The lowest BCUT2D eigenvalue weighted by molar-refractivity contribution is -0.133. The summed E-state index contributed by atoms with van der Waals surface area (Å²) in [6.45, 7) is 2.36. The molecule has 0 fully saturated rings. The molecule has 0 spiro atoms. The maximum absolute atomic E-state index is 13.0. The number of thioether (sulfide) groups is 1. The molecule has 0 radical (unpaired) electrons. The standard InChI is InChI=1S/C24H24N4O3S/c1-15-6-11-20(27-13-17-4-2-3-5-21(17)32-14-22(29)30)19(12-15)24(31)28-18-9-7-16(8-10-18)23(25)26/h2-12,27H,13-14H2,1H3,(H3,25,26)(H,28,31)(H,29,30). The lowest BCUT2D eigenvalue weighted by atomic mass is 10.1. The van der Waals surface area contributed by atoms with Crippen molar-refractivity contribution in [2.45, 2.75) is 18.4 Å². The van der Waals surface area contributed by atoms with Crippen LogP contribution < -0.4 is 16.4 Å². The number of hydrogen-bond acceptors (Lipinski definition) is 5. The first kappa shape index (κ1) is 22.9. The predicted molar refractivity (Wildman–Crippen MR) is 129 cm³/mol. The zero-order valence-electron chi connectivity index (χ0n) is 17.5. The Bertz CT molecular complexity index is 1150. The van der Waals surface area contributed by atoms with E-state index in [0.717, 1.165) is 16.0 Å². The average Bonchev–Trinajstić information content (AvgIpc) is 2.77. The number of carbonyl (C=O) groups excluding carboxylic acids is 1. The summed E-state index contributed by atoms with van der Waals surface area (Å²) in [5, 5.41) is 22.6. The topological polar surface area (TPSA) is 128 Å². The number of benzene rings is 3. The molecule has 164 valence electrons. The minimum atomic E-state index is -0.869. The molecule has 0 aromatic heterocycles. The highest BCUT2D eigenvalue weighted by molar-refractivity contribution is 8.00. The number of nitrogens with one attached hydrogen (secondary N) is 3. The monoisotopic (exact) mass is 448 g/mol. The molecule has 0 aliphatic rings. The van der Waals surface area contributed by atoms with Crippen LogP contribution in [0.2, 0.25) is 0 Å². The average molecular weight is 449 g/mol. The third-order valence-electron chi connectivity index (χ3n) is 4.67. The highest BCUT2D eigenvalue weighted by Gasteiger charge is 2.13. The molecule has 0 aliphatic heterocycles. The van der Waals surface area contributed by atoms with Crippen molar-refractivity contribution in [1.29, 1.82) is 5.41 Å². The second-order valence-electron chi connectivity index (χ2n) is 7.14. The minimum absolute atomic E-state index is 0.0163. The fourth-order valence-corrected chi connectivity index (χ4v) is 3.83. The van der Waals surface area contributed by atoms with Gasteiger partial charge in [0, 0.05) is 28.4 Å². The summed E-state index contributed by atoms with van der Waals surface area (Å²) in [4.78, 5) is 24.8. The summed E-state index contributed by atoms with van der Waals surface area (Å²) in [6, 6.07) is 19.9. The number of anilines is 2. The fraction of sp³-hybridized carbons (Fsp3) is 0.125. The van der Waals surface area contributed by atoms with E-state index < -0.39 is 5.97 Å². The van der Waals surface area contributed by atoms with Gasteiger partial charge in [-0.05, 0) is 55.0 Å². The lowest BCUT2D eigenvalue weighted by Gasteiger charge is -2.15. The Kier molecular flexibility index (Phi) is 7.51. The van der Waals surface area contributed by atoms with Crippen LogP contribution in [0.5, 0.6) is 0 Å². The Morgan fingerprint density at radius 2 is 1.78 bits per heavy atom. The Balaban J connectivity index is 1.76. The number of nitrogen functional groups attached to an aromatic ring is 1. The predicted octanol–water partition coefficient (Wildman–Crippen LogP) is 4.32. The van der Waals surface area contributed by atoms with Gasteiger partial charge in [-0.15, -0.1) is 11.8 Å². The van der Waals surface area contributed by atoms with Gasteiger partial charge >= 0.3 is 5.97 Å². The second kappa shape index (κ2) is 10.5. The summed E-state index contributed by atoms with van der Waals surface area (Å²) >= 11 is 1.27. The van der Waals surface area contributed by atoms with Gasteiger partial charge in [0.05, 0.1) is 11.3 Å². The van der Waals surface area contributed by atoms with Gasteiger partial charge in [-0.1, -0.05) is 29.8 Å². The van der Waals surface area contributed by atoms with Crippen molar-refractivity contribution in [3.8, 4) is 0 Å². The van der Waals surface area contributed by atoms with Gasteiger partial charge in [-0.25, -0.2) is 0 Å². The molecule has 3 aromatic carbocycles. The quantitative estimate of drug-likeness (QED) is 0.188. The molecule has 3 aromatic rings. The van der Waals surface area contributed by atoms with E-state index >= 15 is 0 Å². The number of amides is 1. The minimum Gasteiger partial charge on any atom is -0.481 e. The van der Waals surface area contributed by atoms with Crippen LogP contribution in [0, 0.1) is 12.3 Å². The van der Waals surface area contributed by atoms with Crippen molar-refractivity contribution in [1.82, 2.24) is 0 Å². The van der Waals surface area contributed by atoms with Crippen molar-refractivity contribution in [2.75, 3.05) is 16.4 Å². The smallest absolute Gasteiger partial charge is 0.313 e. The van der Waals surface area contributed by atoms with Gasteiger partial charge < -0.3 is 21.5 Å². The molecule has 0 saturated carbocycles. The SMILES string of the molecule is Cc1ccc(NCc2ccccc2SCC(=O)O)c(C(=O)Nc2ccc(C(=N)N)cc2)c1. The van der Waals surface area contributed by atoms with Crippen LogP contribution in [0.3, 0.4) is 0 Å². The Morgan fingerprint density at radius 1 is 1.06 bits per heavy atom. The van der Waals surface area contributed by atoms with Gasteiger partial charge in [-0.2, -0.15) is 0 Å². The van der Waals surface area contributed by atoms with E-state index in [1.54, 1.807) is 24.3 Å². The molecule has 6 N–H and O–H groups in total. The molecule has 0 atom stereocenters. The van der Waals surface area contributed by atoms with Crippen LogP contribution >= 0.6 is 11.8 Å². The van der Waals surface area contributed by atoms with E-state index in [4.69, 9.17) is 16.2 Å². The Morgan fingerprint density at radius 3 is 2.47 bits per heavy atom. The number of aryl methyl sites for hydroxylation is 1.